The second-order valence-corrected chi connectivity index (χ2v) is 10.5. The molecule has 1 rings (SSSR count). The Bertz CT molecular complexity index is 643. The van der Waals surface area contributed by atoms with E-state index < -0.39 is 17.5 Å². The Morgan fingerprint density at radius 1 is 0.909 bits per heavy atom. The van der Waals surface area contributed by atoms with Crippen LogP contribution >= 0.6 is 0 Å². The van der Waals surface area contributed by atoms with Gasteiger partial charge < -0.3 is 19.3 Å². The number of carbonyl (C=O) groups excluding carboxylic acids is 3. The molecule has 7 nitrogen and oxygen atoms in total. The Hall–Kier alpha value is -1.89. The monoisotopic (exact) mass is 470 g/mol. The van der Waals surface area contributed by atoms with Crippen molar-refractivity contribution in [2.24, 2.45) is 16.7 Å². The normalized spacial score (nSPS) is 15.7. The van der Waals surface area contributed by atoms with Gasteiger partial charge in [-0.3, -0.25) is 9.59 Å². The highest BCUT2D eigenvalue weighted by molar-refractivity contribution is 5.81. The minimum atomic E-state index is -1.02. The molecule has 33 heavy (non-hydrogen) atoms. The van der Waals surface area contributed by atoms with Crippen LogP contribution < -0.4 is 0 Å². The molecule has 0 radical (unpaired) electrons. The predicted molar refractivity (Wildman–Crippen MR) is 128 cm³/mol. The van der Waals surface area contributed by atoms with Crippen LogP contribution in [0.1, 0.15) is 93.9 Å². The lowest BCUT2D eigenvalue weighted by atomic mass is 9.87. The SMILES string of the molecule is C=CC(=O)OCC(O)COC(=O)C(C)(C)CC.CCC(C)(C)C(=O)OC(C)(C)C1CCCC1. The minimum Gasteiger partial charge on any atom is -0.462 e. The van der Waals surface area contributed by atoms with Crippen molar-refractivity contribution in [3.8, 4) is 0 Å². The Labute approximate surface area is 200 Å². The van der Waals surface area contributed by atoms with Crippen LogP contribution in [0.4, 0.5) is 0 Å². The van der Waals surface area contributed by atoms with Gasteiger partial charge in [0.05, 0.1) is 10.8 Å². The molecule has 1 aliphatic carbocycles. The molecule has 0 aromatic rings. The second kappa shape index (κ2) is 13.7. The predicted octanol–water partition coefficient (Wildman–Crippen LogP) is 4.99. The van der Waals surface area contributed by atoms with E-state index in [1.165, 1.54) is 25.7 Å². The maximum atomic E-state index is 12.0. The summed E-state index contributed by atoms with van der Waals surface area (Å²) in [5.41, 5.74) is -1.21. The van der Waals surface area contributed by atoms with Crippen LogP contribution in [0, 0.1) is 16.7 Å². The number of ether oxygens (including phenoxy) is 3. The molecule has 0 amide bonds. The van der Waals surface area contributed by atoms with Gasteiger partial charge in [-0.05, 0) is 73.1 Å². The first-order valence-corrected chi connectivity index (χ1v) is 12.0. The first-order valence-electron chi connectivity index (χ1n) is 12.0. The number of carbonyl (C=O) groups is 3. The first-order chi connectivity index (χ1) is 15.1. The van der Waals surface area contributed by atoms with Gasteiger partial charge in [0.25, 0.3) is 0 Å². The fourth-order valence-electron chi connectivity index (χ4n) is 3.02. The summed E-state index contributed by atoms with van der Waals surface area (Å²) >= 11 is 0. The van der Waals surface area contributed by atoms with E-state index in [1.807, 2.05) is 27.7 Å². The van der Waals surface area contributed by atoms with Gasteiger partial charge in [0.15, 0.2) is 0 Å². The van der Waals surface area contributed by atoms with Gasteiger partial charge >= 0.3 is 17.9 Å². The molecule has 0 aromatic heterocycles. The standard InChI is InChI=1S/C14H26O2.C12H20O5/c1-6-13(2,3)12(15)16-14(4,5)11-9-7-8-10-11;1-5-10(14)16-7-9(13)8-17-11(15)12(3,4)6-2/h11H,6-10H2,1-5H3;5,9,13H,1,6-8H2,2-4H3. The molecule has 1 unspecified atom stereocenters. The molecule has 0 saturated heterocycles. The summed E-state index contributed by atoms with van der Waals surface area (Å²) in [5, 5.41) is 9.39. The second-order valence-electron chi connectivity index (χ2n) is 10.5. The quantitative estimate of drug-likeness (QED) is 0.258. The van der Waals surface area contributed by atoms with Crippen LogP contribution in [0.3, 0.4) is 0 Å². The summed E-state index contributed by atoms with van der Waals surface area (Å²) in [5.74, 6) is -0.505. The Morgan fingerprint density at radius 2 is 1.36 bits per heavy atom. The van der Waals surface area contributed by atoms with Crippen LogP contribution in [-0.4, -0.2) is 47.9 Å². The molecule has 7 heteroatoms. The third-order valence-electron chi connectivity index (χ3n) is 6.56. The molecule has 0 aromatic carbocycles. The summed E-state index contributed by atoms with van der Waals surface area (Å²) in [6, 6.07) is 0. The van der Waals surface area contributed by atoms with E-state index in [0.717, 1.165) is 12.5 Å². The molecule has 1 saturated carbocycles. The summed E-state index contributed by atoms with van der Waals surface area (Å²) in [6.45, 7) is 18.3. The molecule has 0 aliphatic heterocycles. The van der Waals surface area contributed by atoms with Crippen LogP contribution in [0.25, 0.3) is 0 Å². The van der Waals surface area contributed by atoms with Crippen molar-refractivity contribution >= 4 is 17.9 Å². The first kappa shape index (κ1) is 31.1. The zero-order chi connectivity index (χ0) is 25.9. The van der Waals surface area contributed by atoms with Crippen molar-refractivity contribution in [2.75, 3.05) is 13.2 Å². The maximum Gasteiger partial charge on any atom is 0.330 e. The molecular formula is C26H46O7. The molecule has 1 aliphatic rings. The molecule has 1 fully saturated rings. The molecule has 1 atom stereocenters. The largest absolute Gasteiger partial charge is 0.462 e. The van der Waals surface area contributed by atoms with Crippen molar-refractivity contribution in [3.63, 3.8) is 0 Å². The minimum absolute atomic E-state index is 0.0492. The molecular weight excluding hydrogens is 424 g/mol. The molecule has 0 heterocycles. The highest BCUT2D eigenvalue weighted by atomic mass is 16.6. The zero-order valence-corrected chi connectivity index (χ0v) is 22.0. The Morgan fingerprint density at radius 3 is 1.82 bits per heavy atom. The summed E-state index contributed by atoms with van der Waals surface area (Å²) in [6.07, 6.45) is 6.42. The van der Waals surface area contributed by atoms with Gasteiger partial charge in [-0.2, -0.15) is 0 Å². The van der Waals surface area contributed by atoms with Crippen molar-refractivity contribution < 1.29 is 33.7 Å². The molecule has 0 bridgehead atoms. The van der Waals surface area contributed by atoms with Crippen molar-refractivity contribution in [1.29, 1.82) is 0 Å². The number of esters is 3. The van der Waals surface area contributed by atoms with Crippen LogP contribution in [0.2, 0.25) is 0 Å². The summed E-state index contributed by atoms with van der Waals surface area (Å²) in [7, 11) is 0. The molecule has 192 valence electrons. The highest BCUT2D eigenvalue weighted by Gasteiger charge is 2.38. The molecule has 1 N–H and O–H groups in total. The van der Waals surface area contributed by atoms with E-state index in [1.54, 1.807) is 13.8 Å². The molecule has 0 spiro atoms. The van der Waals surface area contributed by atoms with E-state index in [-0.39, 0.29) is 36.2 Å². The summed E-state index contributed by atoms with van der Waals surface area (Å²) < 4.78 is 15.3. The third-order valence-corrected chi connectivity index (χ3v) is 6.56. The smallest absolute Gasteiger partial charge is 0.330 e. The number of aliphatic hydroxyl groups excluding tert-OH is 1. The Kier molecular flexibility index (Phi) is 12.9. The topological polar surface area (TPSA) is 99.1 Å². The van der Waals surface area contributed by atoms with E-state index in [4.69, 9.17) is 9.47 Å². The van der Waals surface area contributed by atoms with Gasteiger partial charge in [-0.1, -0.05) is 33.3 Å². The van der Waals surface area contributed by atoms with Crippen molar-refractivity contribution in [3.05, 3.63) is 12.7 Å². The van der Waals surface area contributed by atoms with Gasteiger partial charge in [0.2, 0.25) is 0 Å². The van der Waals surface area contributed by atoms with Gasteiger partial charge in [-0.25, -0.2) is 4.79 Å². The third kappa shape index (κ3) is 11.2. The lowest BCUT2D eigenvalue weighted by Crippen LogP contribution is -2.39. The van der Waals surface area contributed by atoms with E-state index >= 15 is 0 Å². The fourth-order valence-corrected chi connectivity index (χ4v) is 3.02. The van der Waals surface area contributed by atoms with E-state index in [0.29, 0.717) is 12.3 Å². The number of aliphatic hydroxyl groups is 1. The maximum absolute atomic E-state index is 12.0. The number of hydrogen-bond acceptors (Lipinski definition) is 7. The zero-order valence-electron chi connectivity index (χ0n) is 22.0. The average molecular weight is 471 g/mol. The van der Waals surface area contributed by atoms with Gasteiger partial charge in [0, 0.05) is 6.08 Å². The lowest BCUT2D eigenvalue weighted by molar-refractivity contribution is -0.172. The van der Waals surface area contributed by atoms with E-state index in [2.05, 4.69) is 25.2 Å². The van der Waals surface area contributed by atoms with Crippen molar-refractivity contribution in [1.82, 2.24) is 0 Å². The van der Waals surface area contributed by atoms with Gasteiger partial charge in [-0.15, -0.1) is 0 Å². The number of hydrogen-bond donors (Lipinski definition) is 1. The van der Waals surface area contributed by atoms with Crippen LogP contribution in [-0.2, 0) is 28.6 Å². The van der Waals surface area contributed by atoms with Crippen molar-refractivity contribution in [2.45, 2.75) is 106 Å². The van der Waals surface area contributed by atoms with E-state index in [9.17, 15) is 19.5 Å². The Balaban J connectivity index is 0.000000621. The van der Waals surface area contributed by atoms with Crippen LogP contribution in [0.5, 0.6) is 0 Å². The number of rotatable bonds is 11. The van der Waals surface area contributed by atoms with Crippen LogP contribution in [0.15, 0.2) is 12.7 Å². The highest BCUT2D eigenvalue weighted by Crippen LogP contribution is 2.37. The average Bonchev–Trinajstić information content (AvgIpc) is 3.31. The fraction of sp³-hybridized carbons (Fsp3) is 0.808. The lowest BCUT2D eigenvalue weighted by Gasteiger charge is -2.34. The van der Waals surface area contributed by atoms with Gasteiger partial charge in [0.1, 0.15) is 24.9 Å². The summed E-state index contributed by atoms with van der Waals surface area (Å²) in [4.78, 5) is 34.3.